The van der Waals surface area contributed by atoms with Gasteiger partial charge in [-0.2, -0.15) is 0 Å². The SMILES string of the molecule is O=Cc1cc([N+](=O)[O-])ccc1N1CCN2C(=O)NCC2C1. The molecule has 0 aromatic heterocycles. The summed E-state index contributed by atoms with van der Waals surface area (Å²) in [5.41, 5.74) is 0.877. The maximum Gasteiger partial charge on any atom is 0.317 e. The molecule has 2 amide bonds. The molecule has 8 nitrogen and oxygen atoms in total. The van der Waals surface area contributed by atoms with Crippen LogP contribution in [-0.4, -0.2) is 54.4 Å². The van der Waals surface area contributed by atoms with Gasteiger partial charge in [0.25, 0.3) is 5.69 Å². The van der Waals surface area contributed by atoms with Crippen LogP contribution in [0.3, 0.4) is 0 Å². The molecule has 0 saturated carbocycles. The molecule has 2 aliphatic rings. The number of benzene rings is 1. The zero-order valence-corrected chi connectivity index (χ0v) is 11.2. The monoisotopic (exact) mass is 290 g/mol. The number of nitrogens with zero attached hydrogens (tertiary/aromatic N) is 3. The van der Waals surface area contributed by atoms with Crippen molar-refractivity contribution in [1.29, 1.82) is 0 Å². The Balaban J connectivity index is 1.86. The lowest BCUT2D eigenvalue weighted by Crippen LogP contribution is -2.52. The van der Waals surface area contributed by atoms with E-state index in [0.29, 0.717) is 43.7 Å². The number of piperazine rings is 1. The average molecular weight is 290 g/mol. The van der Waals surface area contributed by atoms with Gasteiger partial charge in [0.2, 0.25) is 0 Å². The summed E-state index contributed by atoms with van der Waals surface area (Å²) in [5, 5.41) is 13.6. The van der Waals surface area contributed by atoms with Gasteiger partial charge in [0.15, 0.2) is 6.29 Å². The molecule has 0 bridgehead atoms. The Bertz CT molecular complexity index is 618. The molecule has 1 atom stereocenters. The lowest BCUT2D eigenvalue weighted by Gasteiger charge is -2.38. The summed E-state index contributed by atoms with van der Waals surface area (Å²) in [5.74, 6) is 0. The molecule has 1 aromatic rings. The number of non-ortho nitro benzene ring substituents is 1. The number of urea groups is 1. The van der Waals surface area contributed by atoms with Gasteiger partial charge in [0.05, 0.1) is 11.0 Å². The number of rotatable bonds is 3. The highest BCUT2D eigenvalue weighted by atomic mass is 16.6. The predicted octanol–water partition coefficient (Wildman–Crippen LogP) is 0.621. The number of nitrogens with one attached hydrogen (secondary N) is 1. The highest BCUT2D eigenvalue weighted by molar-refractivity contribution is 5.86. The minimum atomic E-state index is -0.520. The van der Waals surface area contributed by atoms with E-state index in [1.165, 1.54) is 12.1 Å². The molecule has 110 valence electrons. The van der Waals surface area contributed by atoms with Crippen molar-refractivity contribution >= 4 is 23.7 Å². The normalized spacial score (nSPS) is 21.0. The third kappa shape index (κ3) is 2.28. The molecular weight excluding hydrogens is 276 g/mol. The molecule has 0 spiro atoms. The van der Waals surface area contributed by atoms with Crippen LogP contribution < -0.4 is 10.2 Å². The Morgan fingerprint density at radius 3 is 2.90 bits per heavy atom. The number of nitro benzene ring substituents is 1. The molecule has 2 aliphatic heterocycles. The zero-order chi connectivity index (χ0) is 15.0. The first-order chi connectivity index (χ1) is 10.1. The average Bonchev–Trinajstić information content (AvgIpc) is 2.87. The molecule has 1 N–H and O–H groups in total. The number of fused-ring (bicyclic) bond motifs is 1. The third-order valence-corrected chi connectivity index (χ3v) is 3.92. The van der Waals surface area contributed by atoms with Crippen molar-refractivity contribution in [3.05, 3.63) is 33.9 Å². The van der Waals surface area contributed by atoms with Gasteiger partial charge in [-0.15, -0.1) is 0 Å². The Morgan fingerprint density at radius 2 is 2.19 bits per heavy atom. The minimum absolute atomic E-state index is 0.0565. The first kappa shape index (κ1) is 13.3. The van der Waals surface area contributed by atoms with Crippen LogP contribution in [0.4, 0.5) is 16.2 Å². The number of aldehydes is 1. The lowest BCUT2D eigenvalue weighted by molar-refractivity contribution is -0.384. The van der Waals surface area contributed by atoms with Crippen LogP contribution in [0.5, 0.6) is 0 Å². The topological polar surface area (TPSA) is 95.8 Å². The highest BCUT2D eigenvalue weighted by Gasteiger charge is 2.36. The van der Waals surface area contributed by atoms with Crippen LogP contribution >= 0.6 is 0 Å². The molecule has 0 aliphatic carbocycles. The Morgan fingerprint density at radius 1 is 1.38 bits per heavy atom. The van der Waals surface area contributed by atoms with Gasteiger partial charge in [-0.3, -0.25) is 14.9 Å². The molecule has 1 aromatic carbocycles. The molecule has 8 heteroatoms. The lowest BCUT2D eigenvalue weighted by atomic mass is 10.1. The fourth-order valence-corrected chi connectivity index (χ4v) is 2.86. The van der Waals surface area contributed by atoms with Crippen molar-refractivity contribution in [2.45, 2.75) is 6.04 Å². The maximum atomic E-state index is 11.6. The van der Waals surface area contributed by atoms with E-state index in [0.717, 1.165) is 0 Å². The van der Waals surface area contributed by atoms with Crippen molar-refractivity contribution in [2.75, 3.05) is 31.1 Å². The number of amides is 2. The second-order valence-corrected chi connectivity index (χ2v) is 5.10. The highest BCUT2D eigenvalue weighted by Crippen LogP contribution is 2.27. The van der Waals surface area contributed by atoms with Crippen molar-refractivity contribution in [1.82, 2.24) is 10.2 Å². The fourth-order valence-electron chi connectivity index (χ4n) is 2.86. The van der Waals surface area contributed by atoms with Crippen LogP contribution in [0.25, 0.3) is 0 Å². The summed E-state index contributed by atoms with van der Waals surface area (Å²) in [6.45, 7) is 2.37. The van der Waals surface area contributed by atoms with Crippen molar-refractivity contribution < 1.29 is 14.5 Å². The Hall–Kier alpha value is -2.64. The van der Waals surface area contributed by atoms with E-state index < -0.39 is 4.92 Å². The summed E-state index contributed by atoms with van der Waals surface area (Å²) in [4.78, 5) is 36.8. The molecule has 2 saturated heterocycles. The van der Waals surface area contributed by atoms with Gasteiger partial charge in [-0.05, 0) is 6.07 Å². The quantitative estimate of drug-likeness (QED) is 0.500. The van der Waals surface area contributed by atoms with Gasteiger partial charge in [-0.1, -0.05) is 0 Å². The molecular formula is C13H14N4O4. The maximum absolute atomic E-state index is 11.6. The summed E-state index contributed by atoms with van der Waals surface area (Å²) in [7, 11) is 0. The van der Waals surface area contributed by atoms with E-state index in [-0.39, 0.29) is 17.8 Å². The van der Waals surface area contributed by atoms with E-state index in [2.05, 4.69) is 5.32 Å². The largest absolute Gasteiger partial charge is 0.367 e. The molecule has 2 fully saturated rings. The van der Waals surface area contributed by atoms with Crippen molar-refractivity contribution in [3.8, 4) is 0 Å². The van der Waals surface area contributed by atoms with Gasteiger partial charge in [0, 0.05) is 49.6 Å². The smallest absolute Gasteiger partial charge is 0.317 e. The second-order valence-electron chi connectivity index (χ2n) is 5.10. The first-order valence-electron chi connectivity index (χ1n) is 6.63. The van der Waals surface area contributed by atoms with Crippen molar-refractivity contribution in [2.24, 2.45) is 0 Å². The second kappa shape index (κ2) is 5.04. The van der Waals surface area contributed by atoms with Gasteiger partial charge in [0.1, 0.15) is 0 Å². The Kier molecular flexibility index (Phi) is 3.20. The molecule has 0 radical (unpaired) electrons. The van der Waals surface area contributed by atoms with E-state index in [1.807, 2.05) is 4.90 Å². The minimum Gasteiger partial charge on any atom is -0.367 e. The van der Waals surface area contributed by atoms with E-state index in [1.54, 1.807) is 11.0 Å². The molecule has 3 rings (SSSR count). The number of hydrogen-bond acceptors (Lipinski definition) is 5. The van der Waals surface area contributed by atoms with E-state index in [4.69, 9.17) is 0 Å². The molecule has 2 heterocycles. The van der Waals surface area contributed by atoms with Gasteiger partial charge < -0.3 is 15.1 Å². The van der Waals surface area contributed by atoms with Crippen LogP contribution in [-0.2, 0) is 0 Å². The van der Waals surface area contributed by atoms with E-state index in [9.17, 15) is 19.7 Å². The van der Waals surface area contributed by atoms with Crippen LogP contribution in [0.2, 0.25) is 0 Å². The summed E-state index contributed by atoms with van der Waals surface area (Å²) in [6.07, 6.45) is 0.632. The standard InChI is InChI=1S/C13H14N4O4/c18-8-9-5-10(17(20)21)1-2-12(9)15-3-4-16-11(7-15)6-14-13(16)19/h1-2,5,8,11H,3-4,6-7H2,(H,14,19). The predicted molar refractivity (Wildman–Crippen MR) is 74.6 cm³/mol. The van der Waals surface area contributed by atoms with Gasteiger partial charge in [-0.25, -0.2) is 4.79 Å². The third-order valence-electron chi connectivity index (χ3n) is 3.92. The number of carbonyl (C=O) groups is 2. The summed E-state index contributed by atoms with van der Waals surface area (Å²) in [6, 6.07) is 4.29. The van der Waals surface area contributed by atoms with Gasteiger partial charge >= 0.3 is 6.03 Å². The first-order valence-corrected chi connectivity index (χ1v) is 6.63. The number of anilines is 1. The zero-order valence-electron chi connectivity index (χ0n) is 11.2. The van der Waals surface area contributed by atoms with Crippen molar-refractivity contribution in [3.63, 3.8) is 0 Å². The van der Waals surface area contributed by atoms with Crippen LogP contribution in [0, 0.1) is 10.1 Å². The van der Waals surface area contributed by atoms with Crippen LogP contribution in [0.1, 0.15) is 10.4 Å². The van der Waals surface area contributed by atoms with Crippen LogP contribution in [0.15, 0.2) is 18.2 Å². The number of hydrogen-bond donors (Lipinski definition) is 1. The van der Waals surface area contributed by atoms with E-state index >= 15 is 0 Å². The number of carbonyl (C=O) groups excluding carboxylic acids is 2. The fraction of sp³-hybridized carbons (Fsp3) is 0.385. The molecule has 1 unspecified atom stereocenters. The summed E-state index contributed by atoms with van der Waals surface area (Å²) >= 11 is 0. The molecule has 21 heavy (non-hydrogen) atoms. The number of nitro groups is 1. The Labute approximate surface area is 120 Å². The summed E-state index contributed by atoms with van der Waals surface area (Å²) < 4.78 is 0.